The van der Waals surface area contributed by atoms with Gasteiger partial charge in [0.15, 0.2) is 0 Å². The Kier molecular flexibility index (Phi) is 5.82. The first-order chi connectivity index (χ1) is 9.24. The lowest BCUT2D eigenvalue weighted by molar-refractivity contribution is 0.123. The van der Waals surface area contributed by atoms with Crippen molar-refractivity contribution in [3.63, 3.8) is 0 Å². The van der Waals surface area contributed by atoms with Crippen LogP contribution in [0.5, 0.6) is 5.75 Å². The van der Waals surface area contributed by atoms with Crippen molar-refractivity contribution in [2.75, 3.05) is 30.5 Å². The van der Waals surface area contributed by atoms with Crippen LogP contribution in [0.2, 0.25) is 0 Å². The molecule has 2 unspecified atom stereocenters. The molecule has 106 valence electrons. The molecule has 0 aromatic heterocycles. The molecule has 0 amide bonds. The van der Waals surface area contributed by atoms with E-state index < -0.39 is 6.10 Å². The zero-order valence-corrected chi connectivity index (χ0v) is 11.8. The molecule has 0 bridgehead atoms. The van der Waals surface area contributed by atoms with Gasteiger partial charge in [0.2, 0.25) is 0 Å². The number of hydrogen-bond acceptors (Lipinski definition) is 5. The molecule has 3 N–H and O–H groups in total. The minimum atomic E-state index is -0.465. The fourth-order valence-corrected chi connectivity index (χ4v) is 2.99. The average Bonchev–Trinajstić information content (AvgIpc) is 2.90. The Morgan fingerprint density at radius 1 is 1.53 bits per heavy atom. The maximum absolute atomic E-state index is 9.84. The maximum Gasteiger partial charge on any atom is 0.121 e. The van der Waals surface area contributed by atoms with E-state index in [0.717, 1.165) is 25.2 Å². The highest BCUT2D eigenvalue weighted by Crippen LogP contribution is 2.18. The first-order valence-corrected chi connectivity index (χ1v) is 7.75. The molecule has 1 aliphatic rings. The van der Waals surface area contributed by atoms with Gasteiger partial charge in [0.1, 0.15) is 12.4 Å². The number of nitrogen functional groups attached to an aromatic ring is 1. The van der Waals surface area contributed by atoms with Gasteiger partial charge in [0.25, 0.3) is 0 Å². The number of benzene rings is 1. The van der Waals surface area contributed by atoms with Gasteiger partial charge in [-0.05, 0) is 25.0 Å². The van der Waals surface area contributed by atoms with Crippen LogP contribution in [-0.4, -0.2) is 42.0 Å². The van der Waals surface area contributed by atoms with Crippen molar-refractivity contribution in [2.24, 2.45) is 0 Å². The van der Waals surface area contributed by atoms with Crippen LogP contribution in [0, 0.1) is 0 Å². The Morgan fingerprint density at radius 3 is 3.16 bits per heavy atom. The molecule has 2 rings (SSSR count). The summed E-state index contributed by atoms with van der Waals surface area (Å²) in [6.07, 6.45) is 2.20. The molecule has 0 spiro atoms. The number of thioether (sulfide) groups is 1. The quantitative estimate of drug-likeness (QED) is 0.749. The van der Waals surface area contributed by atoms with Crippen LogP contribution < -0.4 is 10.5 Å². The van der Waals surface area contributed by atoms with E-state index in [9.17, 15) is 5.11 Å². The number of anilines is 1. The monoisotopic (exact) mass is 283 g/mol. The van der Waals surface area contributed by atoms with Gasteiger partial charge >= 0.3 is 0 Å². The molecular weight excluding hydrogens is 262 g/mol. The van der Waals surface area contributed by atoms with Gasteiger partial charge in [0.05, 0.1) is 12.2 Å². The van der Waals surface area contributed by atoms with E-state index in [1.54, 1.807) is 23.9 Å². The van der Waals surface area contributed by atoms with E-state index in [1.165, 1.54) is 0 Å². The van der Waals surface area contributed by atoms with Crippen LogP contribution in [0.25, 0.3) is 0 Å². The Hall–Kier alpha value is -0.910. The van der Waals surface area contributed by atoms with E-state index >= 15 is 0 Å². The Balaban J connectivity index is 1.60. The first kappa shape index (κ1) is 14.5. The van der Waals surface area contributed by atoms with Gasteiger partial charge in [0, 0.05) is 29.9 Å². The minimum Gasteiger partial charge on any atom is -0.491 e. The van der Waals surface area contributed by atoms with Crippen molar-refractivity contribution < 1.29 is 14.6 Å². The standard InChI is InChI=1S/C14H21NO3S/c15-11-3-1-4-13(7-11)18-8-12(16)9-19-10-14-5-2-6-17-14/h1,3-4,7,12,14,16H,2,5-6,8-10,15H2. The van der Waals surface area contributed by atoms with Gasteiger partial charge in [-0.25, -0.2) is 0 Å². The van der Waals surface area contributed by atoms with Crippen molar-refractivity contribution in [2.45, 2.75) is 25.0 Å². The van der Waals surface area contributed by atoms with Crippen molar-refractivity contribution in [3.8, 4) is 5.75 Å². The van der Waals surface area contributed by atoms with E-state index in [-0.39, 0.29) is 0 Å². The first-order valence-electron chi connectivity index (χ1n) is 6.60. The molecule has 1 heterocycles. The second-order valence-corrected chi connectivity index (χ2v) is 5.78. The molecule has 5 heteroatoms. The highest BCUT2D eigenvalue weighted by molar-refractivity contribution is 7.99. The Bertz CT molecular complexity index is 383. The minimum absolute atomic E-state index is 0.294. The number of ether oxygens (including phenoxy) is 2. The van der Waals surface area contributed by atoms with Gasteiger partial charge in [-0.1, -0.05) is 6.07 Å². The summed E-state index contributed by atoms with van der Waals surface area (Å²) in [7, 11) is 0. The van der Waals surface area contributed by atoms with Crippen molar-refractivity contribution in [1.29, 1.82) is 0 Å². The van der Waals surface area contributed by atoms with Crippen molar-refractivity contribution >= 4 is 17.4 Å². The third-order valence-corrected chi connectivity index (χ3v) is 4.17. The molecular formula is C14H21NO3S. The van der Waals surface area contributed by atoms with Crippen LogP contribution in [-0.2, 0) is 4.74 Å². The lowest BCUT2D eigenvalue weighted by Gasteiger charge is -2.14. The molecule has 1 aromatic carbocycles. The van der Waals surface area contributed by atoms with Crippen LogP contribution in [0.15, 0.2) is 24.3 Å². The van der Waals surface area contributed by atoms with E-state index in [0.29, 0.717) is 29.9 Å². The SMILES string of the molecule is Nc1cccc(OCC(O)CSCC2CCCO2)c1. The van der Waals surface area contributed by atoms with Gasteiger partial charge in [-0.3, -0.25) is 0 Å². The molecule has 1 fully saturated rings. The van der Waals surface area contributed by atoms with Crippen LogP contribution in [0.3, 0.4) is 0 Å². The Labute approximate surface area is 118 Å². The smallest absolute Gasteiger partial charge is 0.121 e. The normalized spacial score (nSPS) is 20.4. The molecule has 4 nitrogen and oxygen atoms in total. The molecule has 1 saturated heterocycles. The number of hydrogen-bond donors (Lipinski definition) is 2. The molecule has 2 atom stereocenters. The number of nitrogens with two attached hydrogens (primary N) is 1. The fourth-order valence-electron chi connectivity index (χ4n) is 1.96. The summed E-state index contributed by atoms with van der Waals surface area (Å²) >= 11 is 1.72. The molecule has 0 radical (unpaired) electrons. The largest absolute Gasteiger partial charge is 0.491 e. The van der Waals surface area contributed by atoms with Gasteiger partial charge < -0.3 is 20.3 Å². The Morgan fingerprint density at radius 2 is 2.42 bits per heavy atom. The fraction of sp³-hybridized carbons (Fsp3) is 0.571. The second-order valence-electron chi connectivity index (χ2n) is 4.71. The zero-order chi connectivity index (χ0) is 13.5. The van der Waals surface area contributed by atoms with Gasteiger partial charge in [-0.2, -0.15) is 11.8 Å². The zero-order valence-electron chi connectivity index (χ0n) is 11.0. The third kappa shape index (κ3) is 5.30. The average molecular weight is 283 g/mol. The maximum atomic E-state index is 9.84. The number of aliphatic hydroxyl groups is 1. The summed E-state index contributed by atoms with van der Waals surface area (Å²) in [6.45, 7) is 1.17. The van der Waals surface area contributed by atoms with Crippen LogP contribution in [0.4, 0.5) is 5.69 Å². The summed E-state index contributed by atoms with van der Waals surface area (Å²) in [4.78, 5) is 0. The van der Waals surface area contributed by atoms with Crippen LogP contribution in [0.1, 0.15) is 12.8 Å². The van der Waals surface area contributed by atoms with E-state index in [4.69, 9.17) is 15.2 Å². The lowest BCUT2D eigenvalue weighted by Crippen LogP contribution is -2.21. The molecule has 1 aromatic rings. The second kappa shape index (κ2) is 7.62. The molecule has 0 saturated carbocycles. The summed E-state index contributed by atoms with van der Waals surface area (Å²) in [5, 5.41) is 9.84. The summed E-state index contributed by atoms with van der Waals surface area (Å²) in [6, 6.07) is 7.23. The topological polar surface area (TPSA) is 64.7 Å². The lowest BCUT2D eigenvalue weighted by atomic mass is 10.3. The summed E-state index contributed by atoms with van der Waals surface area (Å²) in [5.74, 6) is 2.32. The summed E-state index contributed by atoms with van der Waals surface area (Å²) in [5.41, 5.74) is 6.32. The van der Waals surface area contributed by atoms with Crippen molar-refractivity contribution in [1.82, 2.24) is 0 Å². The number of aliphatic hydroxyl groups excluding tert-OH is 1. The molecule has 0 aliphatic carbocycles. The summed E-state index contributed by atoms with van der Waals surface area (Å²) < 4.78 is 11.0. The predicted molar refractivity (Wildman–Crippen MR) is 78.7 cm³/mol. The highest BCUT2D eigenvalue weighted by atomic mass is 32.2. The van der Waals surface area contributed by atoms with Gasteiger partial charge in [-0.15, -0.1) is 0 Å². The third-order valence-electron chi connectivity index (χ3n) is 2.94. The van der Waals surface area contributed by atoms with E-state index in [1.807, 2.05) is 12.1 Å². The van der Waals surface area contributed by atoms with Crippen LogP contribution >= 0.6 is 11.8 Å². The highest BCUT2D eigenvalue weighted by Gasteiger charge is 2.16. The molecule has 19 heavy (non-hydrogen) atoms. The number of rotatable bonds is 7. The van der Waals surface area contributed by atoms with E-state index in [2.05, 4.69) is 0 Å². The molecule has 1 aliphatic heterocycles. The predicted octanol–water partition coefficient (Wildman–Crippen LogP) is 1.92. The van der Waals surface area contributed by atoms with Crippen molar-refractivity contribution in [3.05, 3.63) is 24.3 Å².